The number of carbonyl (C=O) groups excluding carboxylic acids is 3. The summed E-state index contributed by atoms with van der Waals surface area (Å²) in [7, 11) is 0. The van der Waals surface area contributed by atoms with E-state index in [1.165, 1.54) is 12.1 Å². The SMILES string of the molecule is O=C(NCCC[C@@H](CNC(=O)c1nc2ccc(-c3ccc(F)cc3)cc2[nH]1)NC(=O)OCc1ccccc1)OCc1ccccc1. The molecule has 5 rings (SSSR count). The number of rotatable bonds is 13. The van der Waals surface area contributed by atoms with E-state index < -0.39 is 24.1 Å². The molecule has 0 aliphatic heterocycles. The molecule has 4 aromatic carbocycles. The molecule has 1 atom stereocenters. The van der Waals surface area contributed by atoms with Gasteiger partial charge in [0.15, 0.2) is 5.82 Å². The second-order valence-electron chi connectivity index (χ2n) is 10.6. The van der Waals surface area contributed by atoms with Crippen LogP contribution < -0.4 is 16.0 Å². The Morgan fingerprint density at radius 3 is 2.07 bits per heavy atom. The molecule has 4 N–H and O–H groups in total. The van der Waals surface area contributed by atoms with Gasteiger partial charge in [0, 0.05) is 19.1 Å². The van der Waals surface area contributed by atoms with Gasteiger partial charge in [-0.1, -0.05) is 78.9 Å². The second-order valence-corrected chi connectivity index (χ2v) is 10.6. The van der Waals surface area contributed by atoms with Crippen LogP contribution in [0.25, 0.3) is 22.2 Å². The van der Waals surface area contributed by atoms with Gasteiger partial charge in [-0.25, -0.2) is 19.0 Å². The first-order chi connectivity index (χ1) is 22.4. The lowest BCUT2D eigenvalue weighted by Gasteiger charge is -2.19. The number of amides is 3. The number of benzene rings is 4. The minimum atomic E-state index is -0.629. The number of nitrogens with zero attached hydrogens (tertiary/aromatic N) is 1. The van der Waals surface area contributed by atoms with E-state index in [9.17, 15) is 18.8 Å². The number of ether oxygens (including phenoxy) is 2. The lowest BCUT2D eigenvalue weighted by molar-refractivity contribution is 0.0935. The molecule has 0 aliphatic carbocycles. The van der Waals surface area contributed by atoms with Crippen LogP contribution in [-0.2, 0) is 22.7 Å². The molecule has 1 heterocycles. The molecule has 11 heteroatoms. The molecule has 0 bridgehead atoms. The average molecular weight is 624 g/mol. The monoisotopic (exact) mass is 623 g/mol. The van der Waals surface area contributed by atoms with Crippen molar-refractivity contribution in [3.63, 3.8) is 0 Å². The summed E-state index contributed by atoms with van der Waals surface area (Å²) in [6.07, 6.45) is -0.246. The van der Waals surface area contributed by atoms with Crippen molar-refractivity contribution in [3.8, 4) is 11.1 Å². The molecule has 0 spiro atoms. The van der Waals surface area contributed by atoms with Gasteiger partial charge in [-0.3, -0.25) is 4.79 Å². The van der Waals surface area contributed by atoms with Gasteiger partial charge in [0.2, 0.25) is 0 Å². The maximum atomic E-state index is 13.3. The summed E-state index contributed by atoms with van der Waals surface area (Å²) in [5.41, 5.74) is 4.64. The fourth-order valence-electron chi connectivity index (χ4n) is 4.71. The topological polar surface area (TPSA) is 134 Å². The summed E-state index contributed by atoms with van der Waals surface area (Å²) < 4.78 is 24.0. The molecule has 46 heavy (non-hydrogen) atoms. The van der Waals surface area contributed by atoms with E-state index in [0.717, 1.165) is 22.3 Å². The van der Waals surface area contributed by atoms with E-state index in [1.807, 2.05) is 72.8 Å². The Bertz CT molecular complexity index is 1750. The van der Waals surface area contributed by atoms with E-state index in [-0.39, 0.29) is 31.4 Å². The predicted molar refractivity (Wildman–Crippen MR) is 171 cm³/mol. The number of nitrogens with one attached hydrogen (secondary N) is 4. The van der Waals surface area contributed by atoms with Crippen molar-refractivity contribution in [1.29, 1.82) is 0 Å². The number of halogens is 1. The second kappa shape index (κ2) is 15.8. The normalized spacial score (nSPS) is 11.4. The molecular formula is C35H34FN5O5. The first kappa shape index (κ1) is 31.7. The van der Waals surface area contributed by atoms with Crippen LogP contribution in [0.2, 0.25) is 0 Å². The standard InChI is InChI=1S/C35H34FN5O5/c36-28-16-13-26(14-17-28)27-15-18-30-31(20-27)41-32(40-30)33(42)38-21-29(39-35(44)46-23-25-10-5-2-6-11-25)12-7-19-37-34(43)45-22-24-8-3-1-4-9-24/h1-6,8-11,13-18,20,29H,7,12,19,21-23H2,(H,37,43)(H,38,42)(H,39,44)(H,40,41)/t29-/m0/s1. The zero-order valence-electron chi connectivity index (χ0n) is 25.0. The first-order valence-corrected chi connectivity index (χ1v) is 14.9. The third-order valence-corrected chi connectivity index (χ3v) is 7.13. The van der Waals surface area contributed by atoms with Gasteiger partial charge in [0.1, 0.15) is 19.0 Å². The van der Waals surface area contributed by atoms with Gasteiger partial charge in [0.25, 0.3) is 5.91 Å². The number of hydrogen-bond donors (Lipinski definition) is 4. The van der Waals surface area contributed by atoms with Crippen LogP contribution in [0.4, 0.5) is 14.0 Å². The lowest BCUT2D eigenvalue weighted by atomic mass is 10.1. The van der Waals surface area contributed by atoms with Crippen LogP contribution in [0.1, 0.15) is 34.6 Å². The van der Waals surface area contributed by atoms with Crippen molar-refractivity contribution in [1.82, 2.24) is 25.9 Å². The third kappa shape index (κ3) is 9.39. The first-order valence-electron chi connectivity index (χ1n) is 14.9. The lowest BCUT2D eigenvalue weighted by Crippen LogP contribution is -2.44. The van der Waals surface area contributed by atoms with Crippen LogP contribution in [0.3, 0.4) is 0 Å². The Morgan fingerprint density at radius 2 is 1.39 bits per heavy atom. The Kier molecular flexibility index (Phi) is 10.9. The highest BCUT2D eigenvalue weighted by atomic mass is 19.1. The minimum Gasteiger partial charge on any atom is -0.445 e. The largest absolute Gasteiger partial charge is 0.445 e. The number of aromatic amines is 1. The van der Waals surface area contributed by atoms with Gasteiger partial charge < -0.3 is 30.4 Å². The zero-order chi connectivity index (χ0) is 32.1. The van der Waals surface area contributed by atoms with Gasteiger partial charge in [-0.05, 0) is 59.4 Å². The maximum Gasteiger partial charge on any atom is 0.407 e. The van der Waals surface area contributed by atoms with E-state index in [1.54, 1.807) is 18.2 Å². The van der Waals surface area contributed by atoms with Crippen molar-refractivity contribution in [2.24, 2.45) is 0 Å². The predicted octanol–water partition coefficient (Wildman–Crippen LogP) is 6.10. The van der Waals surface area contributed by atoms with Crippen LogP contribution >= 0.6 is 0 Å². The molecule has 5 aromatic rings. The van der Waals surface area contributed by atoms with Crippen LogP contribution in [-0.4, -0.2) is 47.2 Å². The van der Waals surface area contributed by atoms with Gasteiger partial charge in [-0.15, -0.1) is 0 Å². The number of fused-ring (bicyclic) bond motifs is 1. The van der Waals surface area contributed by atoms with Crippen molar-refractivity contribution < 1.29 is 28.2 Å². The molecule has 3 amide bonds. The van der Waals surface area contributed by atoms with Crippen LogP contribution in [0, 0.1) is 5.82 Å². The Morgan fingerprint density at radius 1 is 0.761 bits per heavy atom. The molecule has 1 aromatic heterocycles. The molecule has 0 radical (unpaired) electrons. The maximum absolute atomic E-state index is 13.3. The summed E-state index contributed by atoms with van der Waals surface area (Å²) in [6.45, 7) is 0.652. The highest BCUT2D eigenvalue weighted by molar-refractivity contribution is 5.95. The van der Waals surface area contributed by atoms with Crippen molar-refractivity contribution in [2.45, 2.75) is 32.1 Å². The number of imidazole rings is 1. The Hall–Kier alpha value is -5.71. The molecule has 0 fully saturated rings. The average Bonchev–Trinajstić information content (AvgIpc) is 3.52. The van der Waals surface area contributed by atoms with Crippen molar-refractivity contribution in [2.75, 3.05) is 13.1 Å². The minimum absolute atomic E-state index is 0.0929. The van der Waals surface area contributed by atoms with E-state index >= 15 is 0 Å². The quantitative estimate of drug-likeness (QED) is 0.117. The Labute approximate surface area is 265 Å². The molecule has 0 aliphatic rings. The van der Waals surface area contributed by atoms with Gasteiger partial charge in [0.05, 0.1) is 11.0 Å². The highest BCUT2D eigenvalue weighted by Gasteiger charge is 2.18. The summed E-state index contributed by atoms with van der Waals surface area (Å²) in [4.78, 5) is 45.2. The van der Waals surface area contributed by atoms with Crippen molar-refractivity contribution >= 4 is 29.1 Å². The number of hydrogen-bond acceptors (Lipinski definition) is 6. The number of H-pyrrole nitrogens is 1. The van der Waals surface area contributed by atoms with Crippen LogP contribution in [0.15, 0.2) is 103 Å². The van der Waals surface area contributed by atoms with Gasteiger partial charge >= 0.3 is 12.2 Å². The van der Waals surface area contributed by atoms with Gasteiger partial charge in [-0.2, -0.15) is 0 Å². The third-order valence-electron chi connectivity index (χ3n) is 7.13. The summed E-state index contributed by atoms with van der Waals surface area (Å²) in [6, 6.07) is 29.8. The summed E-state index contributed by atoms with van der Waals surface area (Å²) in [5, 5.41) is 8.34. The zero-order valence-corrected chi connectivity index (χ0v) is 25.0. The molecule has 0 saturated carbocycles. The molecule has 236 valence electrons. The molecular weight excluding hydrogens is 589 g/mol. The number of alkyl carbamates (subject to hydrolysis) is 2. The summed E-state index contributed by atoms with van der Waals surface area (Å²) in [5.74, 6) is -0.661. The smallest absolute Gasteiger partial charge is 0.407 e. The van der Waals surface area contributed by atoms with Crippen LogP contribution in [0.5, 0.6) is 0 Å². The molecule has 0 unspecified atom stereocenters. The van der Waals surface area contributed by atoms with E-state index in [2.05, 4.69) is 25.9 Å². The molecule has 0 saturated heterocycles. The fourth-order valence-corrected chi connectivity index (χ4v) is 4.71. The Balaban J connectivity index is 1.15. The fraction of sp³-hybridized carbons (Fsp3) is 0.200. The highest BCUT2D eigenvalue weighted by Crippen LogP contribution is 2.23. The van der Waals surface area contributed by atoms with Crippen molar-refractivity contribution in [3.05, 3.63) is 126 Å². The number of carbonyl (C=O) groups is 3. The van der Waals surface area contributed by atoms with E-state index in [4.69, 9.17) is 9.47 Å². The summed E-state index contributed by atoms with van der Waals surface area (Å²) >= 11 is 0. The van der Waals surface area contributed by atoms with E-state index in [0.29, 0.717) is 30.4 Å². The number of aromatic nitrogens is 2. The molecule has 10 nitrogen and oxygen atoms in total.